The van der Waals surface area contributed by atoms with Gasteiger partial charge < -0.3 is 23.7 Å². The van der Waals surface area contributed by atoms with E-state index in [2.05, 4.69) is 39.0 Å². The Morgan fingerprint density at radius 2 is 1.74 bits per heavy atom. The first-order chi connectivity index (χ1) is 18.9. The molecule has 224 valence electrons. The fourth-order valence-corrected chi connectivity index (χ4v) is 5.98. The molecular weight excluding hydrogens is 492 g/mol. The van der Waals surface area contributed by atoms with Crippen molar-refractivity contribution in [2.45, 2.75) is 148 Å². The van der Waals surface area contributed by atoms with Gasteiger partial charge in [-0.3, -0.25) is 4.79 Å². The Balaban J connectivity index is 1.66. The maximum Gasteiger partial charge on any atom is 0.305 e. The molecular formula is C33H56O6. The summed E-state index contributed by atoms with van der Waals surface area (Å²) in [5, 5.41) is 0. The van der Waals surface area contributed by atoms with Gasteiger partial charge in [-0.15, -0.1) is 0 Å². The molecule has 0 spiro atoms. The average Bonchev–Trinajstić information content (AvgIpc) is 3.33. The third-order valence-corrected chi connectivity index (χ3v) is 8.60. The number of carbonyl (C=O) groups excluding carboxylic acids is 1. The van der Waals surface area contributed by atoms with E-state index in [0.29, 0.717) is 6.42 Å². The summed E-state index contributed by atoms with van der Waals surface area (Å²) in [6.07, 6.45) is 23.8. The van der Waals surface area contributed by atoms with E-state index in [0.717, 1.165) is 83.8 Å². The van der Waals surface area contributed by atoms with Crippen LogP contribution in [0, 0.1) is 11.3 Å². The molecule has 0 aromatic heterocycles. The summed E-state index contributed by atoms with van der Waals surface area (Å²) >= 11 is 0. The van der Waals surface area contributed by atoms with Gasteiger partial charge in [0.1, 0.15) is 0 Å². The topological polar surface area (TPSA) is 63.2 Å². The largest absolute Gasteiger partial charge is 0.469 e. The lowest BCUT2D eigenvalue weighted by Gasteiger charge is -2.36. The number of rotatable bonds is 17. The minimum absolute atomic E-state index is 0.00102. The van der Waals surface area contributed by atoms with Gasteiger partial charge in [0.2, 0.25) is 0 Å². The van der Waals surface area contributed by atoms with Crippen LogP contribution in [-0.4, -0.2) is 51.1 Å². The summed E-state index contributed by atoms with van der Waals surface area (Å²) in [5.41, 5.74) is 1.50. The fraction of sp³-hybridized carbons (Fsp3) is 0.848. The molecule has 5 atom stereocenters. The number of ether oxygens (including phenoxy) is 5. The lowest BCUT2D eigenvalue weighted by Crippen LogP contribution is -2.36. The predicted octanol–water partition coefficient (Wildman–Crippen LogP) is 8.04. The van der Waals surface area contributed by atoms with Gasteiger partial charge in [-0.1, -0.05) is 70.3 Å². The Bertz CT molecular complexity index is 747. The Morgan fingerprint density at radius 1 is 1.03 bits per heavy atom. The van der Waals surface area contributed by atoms with Crippen LogP contribution in [0.5, 0.6) is 0 Å². The fourth-order valence-electron chi connectivity index (χ4n) is 5.98. The third kappa shape index (κ3) is 11.3. The van der Waals surface area contributed by atoms with E-state index in [1.54, 1.807) is 0 Å². The molecule has 0 aromatic carbocycles. The van der Waals surface area contributed by atoms with Gasteiger partial charge in [0.05, 0.1) is 19.3 Å². The zero-order valence-corrected chi connectivity index (χ0v) is 25.3. The van der Waals surface area contributed by atoms with Crippen LogP contribution in [0.3, 0.4) is 0 Å². The monoisotopic (exact) mass is 548 g/mol. The highest BCUT2D eigenvalue weighted by molar-refractivity contribution is 5.68. The highest BCUT2D eigenvalue weighted by Gasteiger charge is 2.34. The summed E-state index contributed by atoms with van der Waals surface area (Å²) in [5.74, 6) is 0.131. The summed E-state index contributed by atoms with van der Waals surface area (Å²) in [6, 6.07) is 0. The van der Waals surface area contributed by atoms with Crippen LogP contribution in [0.1, 0.15) is 124 Å². The second-order valence-corrected chi connectivity index (χ2v) is 12.3. The maximum atomic E-state index is 11.4. The third-order valence-electron chi connectivity index (χ3n) is 8.60. The van der Waals surface area contributed by atoms with Crippen LogP contribution in [-0.2, 0) is 28.5 Å². The van der Waals surface area contributed by atoms with Gasteiger partial charge >= 0.3 is 5.97 Å². The Morgan fingerprint density at radius 3 is 2.41 bits per heavy atom. The van der Waals surface area contributed by atoms with Crippen LogP contribution >= 0.6 is 0 Å². The number of unbranched alkanes of at least 4 members (excludes halogenated alkanes) is 4. The normalized spacial score (nSPS) is 27.0. The lowest BCUT2D eigenvalue weighted by atomic mass is 9.80. The zero-order valence-electron chi connectivity index (χ0n) is 25.3. The molecule has 0 aromatic rings. The van der Waals surface area contributed by atoms with Crippen molar-refractivity contribution in [2.24, 2.45) is 11.3 Å². The van der Waals surface area contributed by atoms with Crippen LogP contribution in [0.4, 0.5) is 0 Å². The molecule has 2 unspecified atom stereocenters. The number of methoxy groups -OCH3 is 1. The Kier molecular flexibility index (Phi) is 14.6. The van der Waals surface area contributed by atoms with Crippen LogP contribution in [0.2, 0.25) is 0 Å². The molecule has 3 aliphatic rings. The van der Waals surface area contributed by atoms with Crippen molar-refractivity contribution in [1.29, 1.82) is 0 Å². The predicted molar refractivity (Wildman–Crippen MR) is 155 cm³/mol. The molecule has 0 bridgehead atoms. The molecule has 2 heterocycles. The molecule has 39 heavy (non-hydrogen) atoms. The van der Waals surface area contributed by atoms with Crippen molar-refractivity contribution < 1.29 is 28.5 Å². The van der Waals surface area contributed by atoms with Crippen LogP contribution < -0.4 is 0 Å². The molecule has 2 aliphatic heterocycles. The minimum atomic E-state index is -0.111. The summed E-state index contributed by atoms with van der Waals surface area (Å²) in [4.78, 5) is 11.4. The zero-order chi connectivity index (χ0) is 27.9. The maximum absolute atomic E-state index is 11.4. The highest BCUT2D eigenvalue weighted by Crippen LogP contribution is 2.38. The van der Waals surface area contributed by atoms with Crippen molar-refractivity contribution in [3.63, 3.8) is 0 Å². The van der Waals surface area contributed by atoms with E-state index in [9.17, 15) is 4.79 Å². The van der Waals surface area contributed by atoms with E-state index in [1.807, 2.05) is 0 Å². The van der Waals surface area contributed by atoms with Crippen molar-refractivity contribution in [3.8, 4) is 0 Å². The first-order valence-corrected chi connectivity index (χ1v) is 15.9. The number of hydrogen-bond acceptors (Lipinski definition) is 6. The quantitative estimate of drug-likeness (QED) is 0.104. The van der Waals surface area contributed by atoms with E-state index >= 15 is 0 Å². The summed E-state index contributed by atoms with van der Waals surface area (Å²) in [6.45, 7) is 8.52. The molecule has 2 saturated heterocycles. The number of carbonyl (C=O) groups is 1. The van der Waals surface area contributed by atoms with E-state index in [4.69, 9.17) is 23.7 Å². The average molecular weight is 549 g/mol. The summed E-state index contributed by atoms with van der Waals surface area (Å²) < 4.78 is 29.9. The van der Waals surface area contributed by atoms with Crippen molar-refractivity contribution in [2.75, 3.05) is 20.3 Å². The van der Waals surface area contributed by atoms with Gasteiger partial charge in [-0.05, 0) is 76.0 Å². The smallest absolute Gasteiger partial charge is 0.305 e. The molecule has 0 N–H and O–H groups in total. The van der Waals surface area contributed by atoms with Gasteiger partial charge in [0.15, 0.2) is 12.6 Å². The highest BCUT2D eigenvalue weighted by atomic mass is 16.7. The SMILES string of the molecule is CCCCC(C)(C)[C@@H](C=C[C@@H]1C(CCCCCCC(=O)OC)=CC[C@H]1OC1CCCCO1)OC1CCCCO1. The molecule has 3 rings (SSSR count). The van der Waals surface area contributed by atoms with Crippen LogP contribution in [0.25, 0.3) is 0 Å². The second kappa shape index (κ2) is 17.6. The standard InChI is InChI=1S/C33H56O6/c1-5-6-23-33(2,3)29(39-32-18-12-14-25-37-32)22-20-27-26(15-9-7-8-10-16-30(34)35-4)19-21-28(27)38-31-17-11-13-24-36-31/h19-20,22,27-29,31-32H,5-18,21,23-25H2,1-4H3/t27-,28-,29-,31?,32?/m1/s1. The molecule has 6 nitrogen and oxygen atoms in total. The van der Waals surface area contributed by atoms with Gasteiger partial charge in [0.25, 0.3) is 0 Å². The number of hydrogen-bond donors (Lipinski definition) is 0. The lowest BCUT2D eigenvalue weighted by molar-refractivity contribution is -0.198. The summed E-state index contributed by atoms with van der Waals surface area (Å²) in [7, 11) is 1.46. The first-order valence-electron chi connectivity index (χ1n) is 15.9. The van der Waals surface area contributed by atoms with E-state index in [1.165, 1.54) is 38.4 Å². The Labute approximate surface area is 238 Å². The Hall–Kier alpha value is -1.21. The van der Waals surface area contributed by atoms with Gasteiger partial charge in [-0.2, -0.15) is 0 Å². The van der Waals surface area contributed by atoms with E-state index < -0.39 is 0 Å². The van der Waals surface area contributed by atoms with Gasteiger partial charge in [-0.25, -0.2) is 0 Å². The van der Waals surface area contributed by atoms with E-state index in [-0.39, 0.29) is 42.1 Å². The van der Waals surface area contributed by atoms with Crippen molar-refractivity contribution >= 4 is 5.97 Å². The molecule has 0 amide bonds. The van der Waals surface area contributed by atoms with Crippen molar-refractivity contribution in [3.05, 3.63) is 23.8 Å². The first kappa shape index (κ1) is 32.3. The van der Waals surface area contributed by atoms with Gasteiger partial charge in [0, 0.05) is 25.6 Å². The molecule has 0 radical (unpaired) electrons. The second-order valence-electron chi connectivity index (χ2n) is 12.3. The molecule has 6 heteroatoms. The molecule has 1 aliphatic carbocycles. The van der Waals surface area contributed by atoms with Crippen LogP contribution in [0.15, 0.2) is 23.8 Å². The van der Waals surface area contributed by atoms with Crippen molar-refractivity contribution in [1.82, 2.24) is 0 Å². The molecule has 2 fully saturated rings. The minimum Gasteiger partial charge on any atom is -0.469 e. The number of esters is 1. The molecule has 0 saturated carbocycles.